The van der Waals surface area contributed by atoms with Gasteiger partial charge in [-0.15, -0.1) is 0 Å². The van der Waals surface area contributed by atoms with Crippen LogP contribution in [0.1, 0.15) is 29.8 Å². The molecule has 0 spiro atoms. The summed E-state index contributed by atoms with van der Waals surface area (Å²) in [5.41, 5.74) is 2.00. The van der Waals surface area contributed by atoms with E-state index in [0.717, 1.165) is 47.2 Å². The molecule has 1 aliphatic heterocycles. The second-order valence-electron chi connectivity index (χ2n) is 5.85. The second-order valence-corrected chi connectivity index (χ2v) is 6.62. The summed E-state index contributed by atoms with van der Waals surface area (Å²) < 4.78 is 14.1. The van der Waals surface area contributed by atoms with Crippen molar-refractivity contribution in [2.45, 2.75) is 45.9 Å². The average Bonchev–Trinajstić information content (AvgIpc) is 3.14. The molecule has 5 nitrogen and oxygen atoms in total. The van der Waals surface area contributed by atoms with E-state index in [1.165, 1.54) is 0 Å². The maximum atomic E-state index is 6.19. The molecule has 0 bridgehead atoms. The van der Waals surface area contributed by atoms with Crippen LogP contribution in [-0.2, 0) is 17.9 Å². The molecule has 2 aromatic rings. The molecule has 1 saturated heterocycles. The van der Waals surface area contributed by atoms with Gasteiger partial charge in [0.2, 0.25) is 0 Å². The molecule has 7 heteroatoms. The molecule has 3 rings (SSSR count). The molecule has 124 valence electrons. The molecule has 23 heavy (non-hydrogen) atoms. The normalized spacial score (nSPS) is 17.6. The van der Waals surface area contributed by atoms with E-state index in [2.05, 4.69) is 10.2 Å². The highest BCUT2D eigenvalue weighted by molar-refractivity contribution is 7.71. The van der Waals surface area contributed by atoms with Crippen LogP contribution in [0.4, 0.5) is 0 Å². The van der Waals surface area contributed by atoms with Crippen molar-refractivity contribution < 1.29 is 9.47 Å². The summed E-state index contributed by atoms with van der Waals surface area (Å²) in [6.45, 7) is 5.82. The van der Waals surface area contributed by atoms with Crippen molar-refractivity contribution in [3.05, 3.63) is 38.9 Å². The molecule has 0 aliphatic carbocycles. The Labute approximate surface area is 145 Å². The van der Waals surface area contributed by atoms with E-state index in [1.807, 2.05) is 30.5 Å². The van der Waals surface area contributed by atoms with E-state index in [9.17, 15) is 0 Å². The minimum absolute atomic E-state index is 0.207. The Bertz CT molecular complexity index is 727. The molecular weight excluding hydrogens is 334 g/mol. The van der Waals surface area contributed by atoms with Gasteiger partial charge in [-0.05, 0) is 62.2 Å². The molecule has 0 unspecified atom stereocenters. The van der Waals surface area contributed by atoms with Crippen molar-refractivity contribution in [2.24, 2.45) is 0 Å². The van der Waals surface area contributed by atoms with E-state index in [0.29, 0.717) is 17.9 Å². The van der Waals surface area contributed by atoms with Crippen LogP contribution in [0.3, 0.4) is 0 Å². The predicted octanol–water partition coefficient (Wildman–Crippen LogP) is 3.97. The molecule has 1 fully saturated rings. The van der Waals surface area contributed by atoms with Gasteiger partial charge in [0.15, 0.2) is 10.6 Å². The minimum Gasteiger partial charge on any atom is -0.486 e. The summed E-state index contributed by atoms with van der Waals surface area (Å²) in [4.78, 5) is 0. The van der Waals surface area contributed by atoms with Crippen LogP contribution < -0.4 is 4.74 Å². The quantitative estimate of drug-likeness (QED) is 0.826. The SMILES string of the molecule is Cc1cc(OCc2n[nH]c(=S)n2C[C@@H]2CCCO2)cc(C)c1Cl. The molecule has 1 aromatic carbocycles. The van der Waals surface area contributed by atoms with Gasteiger partial charge in [-0.25, -0.2) is 0 Å². The second kappa shape index (κ2) is 7.03. The number of aromatic nitrogens is 3. The van der Waals surface area contributed by atoms with Crippen LogP contribution in [0.2, 0.25) is 5.02 Å². The van der Waals surface area contributed by atoms with Gasteiger partial charge in [0, 0.05) is 11.6 Å². The Kier molecular flexibility index (Phi) is 5.04. The highest BCUT2D eigenvalue weighted by Gasteiger charge is 2.18. The lowest BCUT2D eigenvalue weighted by Crippen LogP contribution is -2.18. The lowest BCUT2D eigenvalue weighted by atomic mass is 10.1. The van der Waals surface area contributed by atoms with Gasteiger partial charge in [0.05, 0.1) is 12.6 Å². The summed E-state index contributed by atoms with van der Waals surface area (Å²) in [5.74, 6) is 1.55. The van der Waals surface area contributed by atoms with Crippen LogP contribution in [-0.4, -0.2) is 27.5 Å². The summed E-state index contributed by atoms with van der Waals surface area (Å²) in [6, 6.07) is 3.86. The van der Waals surface area contributed by atoms with Gasteiger partial charge >= 0.3 is 0 Å². The zero-order valence-electron chi connectivity index (χ0n) is 13.3. The maximum absolute atomic E-state index is 6.19. The number of nitrogens with one attached hydrogen (secondary N) is 1. The summed E-state index contributed by atoms with van der Waals surface area (Å²) in [6.07, 6.45) is 2.37. The molecule has 0 saturated carbocycles. The number of rotatable bonds is 5. The van der Waals surface area contributed by atoms with E-state index >= 15 is 0 Å². The number of H-pyrrole nitrogens is 1. The number of aryl methyl sites for hydroxylation is 2. The van der Waals surface area contributed by atoms with Crippen LogP contribution in [0.5, 0.6) is 5.75 Å². The van der Waals surface area contributed by atoms with Crippen molar-refractivity contribution in [3.63, 3.8) is 0 Å². The Balaban J connectivity index is 1.72. The highest BCUT2D eigenvalue weighted by atomic mass is 35.5. The fraction of sp³-hybridized carbons (Fsp3) is 0.500. The van der Waals surface area contributed by atoms with E-state index in [-0.39, 0.29) is 6.10 Å². The van der Waals surface area contributed by atoms with Gasteiger partial charge in [-0.2, -0.15) is 5.10 Å². The molecule has 0 amide bonds. The van der Waals surface area contributed by atoms with E-state index in [4.69, 9.17) is 33.3 Å². The summed E-state index contributed by atoms with van der Waals surface area (Å²) in [7, 11) is 0. The first kappa shape index (κ1) is 16.5. The first-order chi connectivity index (χ1) is 11.0. The van der Waals surface area contributed by atoms with Crippen molar-refractivity contribution in [2.75, 3.05) is 6.61 Å². The standard InChI is InChI=1S/C16H20ClN3O2S/c1-10-6-13(7-11(2)15(10)17)22-9-14-18-19-16(23)20(14)8-12-4-3-5-21-12/h6-7,12H,3-5,8-9H2,1-2H3,(H,19,23)/t12-/m0/s1. The third kappa shape index (κ3) is 3.76. The van der Waals surface area contributed by atoms with Gasteiger partial charge in [0.1, 0.15) is 12.4 Å². The molecule has 1 N–H and O–H groups in total. The van der Waals surface area contributed by atoms with Gasteiger partial charge < -0.3 is 9.47 Å². The molecule has 1 atom stereocenters. The first-order valence-corrected chi connectivity index (χ1v) is 8.48. The Morgan fingerprint density at radius 1 is 1.43 bits per heavy atom. The topological polar surface area (TPSA) is 52.1 Å². The van der Waals surface area contributed by atoms with Crippen LogP contribution in [0.15, 0.2) is 12.1 Å². The van der Waals surface area contributed by atoms with E-state index < -0.39 is 0 Å². The number of hydrogen-bond acceptors (Lipinski definition) is 4. The number of halogens is 1. The smallest absolute Gasteiger partial charge is 0.195 e. The van der Waals surface area contributed by atoms with Crippen LogP contribution >= 0.6 is 23.8 Å². The van der Waals surface area contributed by atoms with Gasteiger partial charge in [0.25, 0.3) is 0 Å². The number of nitrogens with zero attached hydrogens (tertiary/aromatic N) is 2. The lowest BCUT2D eigenvalue weighted by molar-refractivity contribution is 0.0949. The zero-order chi connectivity index (χ0) is 16.4. The third-order valence-corrected chi connectivity index (χ3v) is 4.93. The number of benzene rings is 1. The third-order valence-electron chi connectivity index (χ3n) is 4.03. The van der Waals surface area contributed by atoms with Crippen LogP contribution in [0.25, 0.3) is 0 Å². The summed E-state index contributed by atoms with van der Waals surface area (Å²) >= 11 is 11.5. The van der Waals surface area contributed by atoms with Gasteiger partial charge in [-0.1, -0.05) is 11.6 Å². The number of ether oxygens (including phenoxy) is 2. The number of hydrogen-bond donors (Lipinski definition) is 1. The fourth-order valence-corrected chi connectivity index (χ4v) is 3.11. The molecule has 2 heterocycles. The lowest BCUT2D eigenvalue weighted by Gasteiger charge is -2.13. The Morgan fingerprint density at radius 3 is 2.83 bits per heavy atom. The van der Waals surface area contributed by atoms with Crippen molar-refractivity contribution >= 4 is 23.8 Å². The zero-order valence-corrected chi connectivity index (χ0v) is 14.8. The van der Waals surface area contributed by atoms with Crippen molar-refractivity contribution in [1.82, 2.24) is 14.8 Å². The van der Waals surface area contributed by atoms with E-state index in [1.54, 1.807) is 0 Å². The summed E-state index contributed by atoms with van der Waals surface area (Å²) in [5, 5.41) is 7.89. The molecule has 1 aromatic heterocycles. The predicted molar refractivity (Wildman–Crippen MR) is 91.6 cm³/mol. The Hall–Kier alpha value is -1.37. The number of aromatic amines is 1. The molecule has 0 radical (unpaired) electrons. The van der Waals surface area contributed by atoms with Gasteiger partial charge in [-0.3, -0.25) is 9.67 Å². The largest absolute Gasteiger partial charge is 0.486 e. The highest BCUT2D eigenvalue weighted by Crippen LogP contribution is 2.26. The average molecular weight is 354 g/mol. The van der Waals surface area contributed by atoms with Crippen molar-refractivity contribution in [3.8, 4) is 5.75 Å². The minimum atomic E-state index is 0.207. The molecule has 1 aliphatic rings. The maximum Gasteiger partial charge on any atom is 0.195 e. The molecular formula is C16H20ClN3O2S. The Morgan fingerprint density at radius 2 is 2.17 bits per heavy atom. The van der Waals surface area contributed by atoms with Crippen LogP contribution in [0, 0.1) is 18.6 Å². The fourth-order valence-electron chi connectivity index (χ4n) is 2.78. The van der Waals surface area contributed by atoms with Crippen molar-refractivity contribution in [1.29, 1.82) is 0 Å². The monoisotopic (exact) mass is 353 g/mol. The first-order valence-electron chi connectivity index (χ1n) is 7.70.